The first-order valence-electron chi connectivity index (χ1n) is 9.41. The summed E-state index contributed by atoms with van der Waals surface area (Å²) in [7, 11) is -2.63. The second kappa shape index (κ2) is 10.1. The zero-order valence-corrected chi connectivity index (χ0v) is 19.4. The van der Waals surface area contributed by atoms with Crippen molar-refractivity contribution in [2.24, 2.45) is 0 Å². The number of ether oxygens (including phenoxy) is 1. The molecule has 0 aliphatic rings. The third-order valence-electron chi connectivity index (χ3n) is 4.53. The molecule has 0 heterocycles. The van der Waals surface area contributed by atoms with E-state index < -0.39 is 15.9 Å². The molecule has 0 bridgehead atoms. The van der Waals surface area contributed by atoms with Crippen LogP contribution >= 0.6 is 23.2 Å². The van der Waals surface area contributed by atoms with Crippen LogP contribution in [0.25, 0.3) is 0 Å². The quantitative estimate of drug-likeness (QED) is 0.414. The summed E-state index contributed by atoms with van der Waals surface area (Å²) < 4.78 is 33.3. The molecule has 0 saturated heterocycles. The summed E-state index contributed by atoms with van der Waals surface area (Å²) in [6.45, 7) is 3.64. The lowest BCUT2D eigenvalue weighted by molar-refractivity contribution is 0.102. The molecule has 0 aromatic heterocycles. The summed E-state index contributed by atoms with van der Waals surface area (Å²) in [5.41, 5.74) is 0.955. The van der Waals surface area contributed by atoms with Crippen LogP contribution in [-0.4, -0.2) is 28.0 Å². The number of halogens is 2. The van der Waals surface area contributed by atoms with Crippen molar-refractivity contribution in [2.75, 3.05) is 23.3 Å². The number of nitrogens with zero attached hydrogens (tertiary/aromatic N) is 1. The van der Waals surface area contributed by atoms with Crippen LogP contribution in [0.1, 0.15) is 10.4 Å². The largest absolute Gasteiger partial charge is 0.495 e. The molecular weight excluding hydrogens is 471 g/mol. The van der Waals surface area contributed by atoms with Gasteiger partial charge >= 0.3 is 0 Å². The fraction of sp³-hybridized carbons (Fsp3) is 0.0870. The van der Waals surface area contributed by atoms with E-state index in [4.69, 9.17) is 27.9 Å². The number of anilines is 2. The fourth-order valence-electron chi connectivity index (χ4n) is 2.97. The molecule has 0 aliphatic carbocycles. The summed E-state index contributed by atoms with van der Waals surface area (Å²) in [6, 6.07) is 17.3. The van der Waals surface area contributed by atoms with Crippen LogP contribution < -0.4 is 14.4 Å². The van der Waals surface area contributed by atoms with Crippen LogP contribution in [0.4, 0.5) is 11.4 Å². The van der Waals surface area contributed by atoms with Crippen molar-refractivity contribution in [1.82, 2.24) is 0 Å². The molecule has 0 radical (unpaired) electrons. The van der Waals surface area contributed by atoms with Crippen LogP contribution in [-0.2, 0) is 10.0 Å². The van der Waals surface area contributed by atoms with Gasteiger partial charge in [-0.05, 0) is 54.6 Å². The fourth-order valence-corrected chi connectivity index (χ4v) is 5.04. The summed E-state index contributed by atoms with van der Waals surface area (Å²) >= 11 is 12.2. The minimum atomic E-state index is -4.12. The number of hydrogen-bond donors (Lipinski definition) is 1. The molecule has 0 atom stereocenters. The number of hydrogen-bond acceptors (Lipinski definition) is 4. The van der Waals surface area contributed by atoms with Crippen molar-refractivity contribution in [3.8, 4) is 5.75 Å². The lowest BCUT2D eigenvalue weighted by Crippen LogP contribution is -2.31. The molecule has 0 spiro atoms. The summed E-state index contributed by atoms with van der Waals surface area (Å²) in [6.07, 6.45) is 1.46. The van der Waals surface area contributed by atoms with E-state index in [0.29, 0.717) is 22.1 Å². The van der Waals surface area contributed by atoms with E-state index in [2.05, 4.69) is 11.9 Å². The van der Waals surface area contributed by atoms with Gasteiger partial charge in [-0.25, -0.2) is 8.42 Å². The highest BCUT2D eigenvalue weighted by Crippen LogP contribution is 2.31. The van der Waals surface area contributed by atoms with E-state index in [-0.39, 0.29) is 22.0 Å². The van der Waals surface area contributed by atoms with Gasteiger partial charge in [-0.15, -0.1) is 6.58 Å². The van der Waals surface area contributed by atoms with Crippen molar-refractivity contribution < 1.29 is 17.9 Å². The monoisotopic (exact) mass is 490 g/mol. The predicted molar refractivity (Wildman–Crippen MR) is 129 cm³/mol. The van der Waals surface area contributed by atoms with Crippen LogP contribution in [0, 0.1) is 0 Å². The maximum absolute atomic E-state index is 13.5. The van der Waals surface area contributed by atoms with Crippen molar-refractivity contribution in [3.05, 3.63) is 95.0 Å². The lowest BCUT2D eigenvalue weighted by Gasteiger charge is -2.24. The molecule has 32 heavy (non-hydrogen) atoms. The minimum absolute atomic E-state index is 0.00205. The first-order chi connectivity index (χ1) is 15.3. The predicted octanol–water partition coefficient (Wildman–Crippen LogP) is 5.64. The molecule has 0 unspecified atom stereocenters. The smallest absolute Gasteiger partial charge is 0.266 e. The molecule has 3 rings (SSSR count). The summed E-state index contributed by atoms with van der Waals surface area (Å²) in [5.74, 6) is -0.0352. The second-order valence-corrected chi connectivity index (χ2v) is 9.28. The maximum Gasteiger partial charge on any atom is 0.266 e. The number of benzene rings is 3. The Hall–Kier alpha value is -3.00. The third-order valence-corrected chi connectivity index (χ3v) is 7.05. The number of sulfonamides is 1. The third kappa shape index (κ3) is 5.07. The zero-order chi connectivity index (χ0) is 23.3. The van der Waals surface area contributed by atoms with Crippen molar-refractivity contribution in [1.29, 1.82) is 0 Å². The molecule has 1 amide bonds. The molecule has 6 nitrogen and oxygen atoms in total. The molecule has 1 N–H and O–H groups in total. The van der Waals surface area contributed by atoms with Crippen molar-refractivity contribution in [3.63, 3.8) is 0 Å². The van der Waals surface area contributed by atoms with Gasteiger partial charge in [0.05, 0.1) is 30.1 Å². The number of carbonyl (C=O) groups is 1. The van der Waals surface area contributed by atoms with E-state index in [9.17, 15) is 13.2 Å². The SMILES string of the molecule is C=CCN(c1ccc(Cl)cc1)S(=O)(=O)c1cc(C(=O)Nc2ccccc2OC)ccc1Cl. The molecule has 0 aliphatic heterocycles. The van der Waals surface area contributed by atoms with Gasteiger partial charge in [-0.3, -0.25) is 9.10 Å². The Balaban J connectivity index is 2.00. The van der Waals surface area contributed by atoms with E-state index >= 15 is 0 Å². The summed E-state index contributed by atoms with van der Waals surface area (Å²) in [5, 5.41) is 3.18. The molecule has 0 saturated carbocycles. The van der Waals surface area contributed by atoms with E-state index in [0.717, 1.165) is 4.31 Å². The van der Waals surface area contributed by atoms with Crippen LogP contribution in [0.3, 0.4) is 0 Å². The van der Waals surface area contributed by atoms with Gasteiger partial charge in [0.15, 0.2) is 0 Å². The molecule has 3 aromatic rings. The number of amides is 1. The highest BCUT2D eigenvalue weighted by molar-refractivity contribution is 7.93. The molecular formula is C23H20Cl2N2O4S. The first kappa shape index (κ1) is 23.7. The minimum Gasteiger partial charge on any atom is -0.495 e. The van der Waals surface area contributed by atoms with Crippen LogP contribution in [0.5, 0.6) is 5.75 Å². The van der Waals surface area contributed by atoms with Crippen LogP contribution in [0.2, 0.25) is 10.0 Å². The Morgan fingerprint density at radius 1 is 1.09 bits per heavy atom. The van der Waals surface area contributed by atoms with Gasteiger partial charge in [-0.1, -0.05) is 41.4 Å². The Labute approximate surface area is 197 Å². The Kier molecular flexibility index (Phi) is 7.45. The topological polar surface area (TPSA) is 75.7 Å². The Morgan fingerprint density at radius 3 is 2.44 bits per heavy atom. The standard InChI is InChI=1S/C23H20Cl2N2O4S/c1-3-14-27(18-11-9-17(24)10-12-18)32(29,30)22-15-16(8-13-19(22)25)23(28)26-20-6-4-5-7-21(20)31-2/h3-13,15H,1,14H2,2H3,(H,26,28). The average molecular weight is 491 g/mol. The van der Waals surface area contributed by atoms with Crippen molar-refractivity contribution in [2.45, 2.75) is 4.90 Å². The Bertz CT molecular complexity index is 1250. The van der Waals surface area contributed by atoms with Gasteiger partial charge in [0.2, 0.25) is 0 Å². The number of carbonyl (C=O) groups excluding carboxylic acids is 1. The average Bonchev–Trinajstić information content (AvgIpc) is 2.78. The van der Waals surface area contributed by atoms with Gasteiger partial charge in [0, 0.05) is 10.6 Å². The molecule has 166 valence electrons. The van der Waals surface area contributed by atoms with Gasteiger partial charge in [0.25, 0.3) is 15.9 Å². The zero-order valence-electron chi connectivity index (χ0n) is 17.1. The maximum atomic E-state index is 13.5. The van der Waals surface area contributed by atoms with Gasteiger partial charge in [0.1, 0.15) is 10.6 Å². The van der Waals surface area contributed by atoms with Gasteiger partial charge < -0.3 is 10.1 Å². The molecule has 9 heteroatoms. The van der Waals surface area contributed by atoms with E-state index in [1.807, 2.05) is 0 Å². The molecule has 3 aromatic carbocycles. The number of para-hydroxylation sites is 2. The number of rotatable bonds is 8. The highest BCUT2D eigenvalue weighted by Gasteiger charge is 2.27. The Morgan fingerprint density at radius 2 is 1.78 bits per heavy atom. The van der Waals surface area contributed by atoms with Gasteiger partial charge in [-0.2, -0.15) is 0 Å². The summed E-state index contributed by atoms with van der Waals surface area (Å²) in [4.78, 5) is 12.6. The van der Waals surface area contributed by atoms with E-state index in [1.54, 1.807) is 48.5 Å². The highest BCUT2D eigenvalue weighted by atomic mass is 35.5. The van der Waals surface area contributed by atoms with Crippen LogP contribution in [0.15, 0.2) is 84.3 Å². The van der Waals surface area contributed by atoms with Crippen molar-refractivity contribution >= 4 is 50.5 Å². The number of nitrogens with one attached hydrogen (secondary N) is 1. The molecule has 0 fully saturated rings. The van der Waals surface area contributed by atoms with E-state index in [1.165, 1.54) is 31.4 Å². The first-order valence-corrected chi connectivity index (χ1v) is 11.6. The lowest BCUT2D eigenvalue weighted by atomic mass is 10.2. The normalized spacial score (nSPS) is 11.0. The number of methoxy groups -OCH3 is 1. The second-order valence-electron chi connectivity index (χ2n) is 6.60.